The highest BCUT2D eigenvalue weighted by Crippen LogP contribution is 2.22. The van der Waals surface area contributed by atoms with E-state index in [0.717, 1.165) is 5.69 Å². The van der Waals surface area contributed by atoms with E-state index in [-0.39, 0.29) is 30.1 Å². The summed E-state index contributed by atoms with van der Waals surface area (Å²) < 4.78 is 4.99. The molecule has 8 heteroatoms. The summed E-state index contributed by atoms with van der Waals surface area (Å²) in [6.45, 7) is 3.00. The van der Waals surface area contributed by atoms with E-state index in [0.29, 0.717) is 51.3 Å². The fraction of sp³-hybridized carbons (Fsp3) is 0.429. The van der Waals surface area contributed by atoms with Crippen LogP contribution in [0.1, 0.15) is 28.9 Å². The number of carbonyl (C=O) groups excluding carboxylic acids is 3. The first-order chi connectivity index (χ1) is 14.1. The quantitative estimate of drug-likeness (QED) is 0.780. The first-order valence-corrected chi connectivity index (χ1v) is 9.90. The molecule has 0 aliphatic carbocycles. The van der Waals surface area contributed by atoms with Gasteiger partial charge in [0.15, 0.2) is 0 Å². The second kappa shape index (κ2) is 8.46. The third-order valence-electron chi connectivity index (χ3n) is 5.51. The van der Waals surface area contributed by atoms with Crippen LogP contribution in [0.3, 0.4) is 0 Å². The van der Waals surface area contributed by atoms with Gasteiger partial charge in [-0.2, -0.15) is 0 Å². The van der Waals surface area contributed by atoms with Gasteiger partial charge in [0.25, 0.3) is 5.91 Å². The first-order valence-electron chi connectivity index (χ1n) is 9.90. The molecular formula is C21H24N4O4. The predicted molar refractivity (Wildman–Crippen MR) is 104 cm³/mol. The maximum Gasteiger partial charge on any atom is 0.257 e. The number of aromatic nitrogens is 1. The number of carbonyl (C=O) groups is 3. The fourth-order valence-electron chi connectivity index (χ4n) is 3.95. The van der Waals surface area contributed by atoms with Crippen LogP contribution in [-0.4, -0.2) is 70.1 Å². The summed E-state index contributed by atoms with van der Waals surface area (Å²) in [5.41, 5.74) is 1.34. The lowest BCUT2D eigenvalue weighted by Gasteiger charge is -2.24. The highest BCUT2D eigenvalue weighted by molar-refractivity contribution is 5.94. The van der Waals surface area contributed by atoms with E-state index in [1.807, 2.05) is 18.2 Å². The summed E-state index contributed by atoms with van der Waals surface area (Å²) in [7, 11) is 0. The van der Waals surface area contributed by atoms with Gasteiger partial charge in [-0.05, 0) is 24.6 Å². The standard InChI is InChI=1S/C21H24N4O4/c26-19-12-17(13-25(19)14-18-4-1-2-6-22-18)21(28)24-8-3-7-23(9-10-24)20(27)16-5-11-29-15-16/h1-2,4-6,11,15,17H,3,7-10,12-14H2. The lowest BCUT2D eigenvalue weighted by atomic mass is 10.1. The Hall–Kier alpha value is -3.16. The van der Waals surface area contributed by atoms with Crippen molar-refractivity contribution in [3.8, 4) is 0 Å². The van der Waals surface area contributed by atoms with Gasteiger partial charge in [0.05, 0.1) is 30.0 Å². The molecular weight excluding hydrogens is 372 g/mol. The van der Waals surface area contributed by atoms with Gasteiger partial charge in [0.1, 0.15) is 6.26 Å². The SMILES string of the molecule is O=C1CC(C(=O)N2CCCN(C(=O)c3ccoc3)CC2)CN1Cc1ccccn1. The molecule has 2 aliphatic heterocycles. The van der Waals surface area contributed by atoms with Crippen LogP contribution in [0.25, 0.3) is 0 Å². The monoisotopic (exact) mass is 396 g/mol. The van der Waals surface area contributed by atoms with Crippen LogP contribution in [0.2, 0.25) is 0 Å². The normalized spacial score (nSPS) is 20.1. The Bertz CT molecular complexity index is 868. The number of amides is 3. The smallest absolute Gasteiger partial charge is 0.257 e. The second-order valence-electron chi connectivity index (χ2n) is 7.48. The zero-order valence-electron chi connectivity index (χ0n) is 16.2. The first kappa shape index (κ1) is 19.2. The Morgan fingerprint density at radius 2 is 1.93 bits per heavy atom. The summed E-state index contributed by atoms with van der Waals surface area (Å²) in [6.07, 6.45) is 5.57. The minimum atomic E-state index is -0.331. The number of likely N-dealkylation sites (tertiary alicyclic amines) is 1. The molecule has 1 atom stereocenters. The lowest BCUT2D eigenvalue weighted by Crippen LogP contribution is -2.40. The molecule has 0 radical (unpaired) electrons. The van der Waals surface area contributed by atoms with Gasteiger partial charge in [0.2, 0.25) is 11.8 Å². The maximum atomic E-state index is 13.0. The van der Waals surface area contributed by atoms with Crippen molar-refractivity contribution in [3.05, 3.63) is 54.2 Å². The van der Waals surface area contributed by atoms with E-state index in [1.54, 1.807) is 27.0 Å². The molecule has 152 valence electrons. The number of furan rings is 1. The molecule has 29 heavy (non-hydrogen) atoms. The van der Waals surface area contributed by atoms with Gasteiger partial charge in [-0.1, -0.05) is 6.07 Å². The van der Waals surface area contributed by atoms with Crippen LogP contribution < -0.4 is 0 Å². The topological polar surface area (TPSA) is 87.0 Å². The largest absolute Gasteiger partial charge is 0.472 e. The van der Waals surface area contributed by atoms with Gasteiger partial charge >= 0.3 is 0 Å². The summed E-state index contributed by atoms with van der Waals surface area (Å²) in [5, 5.41) is 0. The zero-order chi connectivity index (χ0) is 20.2. The molecule has 0 N–H and O–H groups in total. The molecule has 2 fully saturated rings. The lowest BCUT2D eigenvalue weighted by molar-refractivity contribution is -0.135. The Balaban J connectivity index is 1.34. The summed E-state index contributed by atoms with van der Waals surface area (Å²) >= 11 is 0. The number of nitrogens with zero attached hydrogens (tertiary/aromatic N) is 4. The Kier molecular flexibility index (Phi) is 5.59. The van der Waals surface area contributed by atoms with Crippen molar-refractivity contribution in [1.82, 2.24) is 19.7 Å². The van der Waals surface area contributed by atoms with Gasteiger partial charge in [0, 0.05) is 45.3 Å². The Morgan fingerprint density at radius 1 is 1.10 bits per heavy atom. The molecule has 0 saturated carbocycles. The average Bonchev–Trinajstić information content (AvgIpc) is 3.32. The molecule has 1 unspecified atom stereocenters. The third-order valence-corrected chi connectivity index (χ3v) is 5.51. The molecule has 4 rings (SSSR count). The van der Waals surface area contributed by atoms with E-state index in [2.05, 4.69) is 4.98 Å². The maximum absolute atomic E-state index is 13.0. The van der Waals surface area contributed by atoms with E-state index >= 15 is 0 Å². The number of hydrogen-bond acceptors (Lipinski definition) is 5. The van der Waals surface area contributed by atoms with Gasteiger partial charge < -0.3 is 19.1 Å². The van der Waals surface area contributed by atoms with Gasteiger partial charge in [-0.25, -0.2) is 0 Å². The van der Waals surface area contributed by atoms with Crippen LogP contribution in [0.15, 0.2) is 47.4 Å². The van der Waals surface area contributed by atoms with Crippen molar-refractivity contribution in [3.63, 3.8) is 0 Å². The molecule has 0 bridgehead atoms. The minimum Gasteiger partial charge on any atom is -0.472 e. The predicted octanol–water partition coefficient (Wildman–Crippen LogP) is 1.40. The molecule has 2 aliphatic rings. The van der Waals surface area contributed by atoms with Crippen molar-refractivity contribution >= 4 is 17.7 Å². The van der Waals surface area contributed by atoms with Crippen LogP contribution >= 0.6 is 0 Å². The highest BCUT2D eigenvalue weighted by Gasteiger charge is 2.37. The number of pyridine rings is 1. The van der Waals surface area contributed by atoms with E-state index in [9.17, 15) is 14.4 Å². The molecule has 0 spiro atoms. The summed E-state index contributed by atoms with van der Waals surface area (Å²) in [4.78, 5) is 47.4. The molecule has 3 amide bonds. The van der Waals surface area contributed by atoms with Crippen molar-refractivity contribution in [2.75, 3.05) is 32.7 Å². The van der Waals surface area contributed by atoms with E-state index < -0.39 is 0 Å². The van der Waals surface area contributed by atoms with Crippen LogP contribution in [0, 0.1) is 5.92 Å². The Labute approximate surface area is 169 Å². The molecule has 2 aromatic rings. The Morgan fingerprint density at radius 3 is 2.69 bits per heavy atom. The third kappa shape index (κ3) is 4.31. The fourth-order valence-corrected chi connectivity index (χ4v) is 3.95. The number of rotatable bonds is 4. The van der Waals surface area contributed by atoms with E-state index in [4.69, 9.17) is 4.42 Å². The summed E-state index contributed by atoms with van der Waals surface area (Å²) in [6, 6.07) is 7.25. The van der Waals surface area contributed by atoms with Crippen molar-refractivity contribution in [2.45, 2.75) is 19.4 Å². The van der Waals surface area contributed by atoms with Crippen LogP contribution in [0.5, 0.6) is 0 Å². The van der Waals surface area contributed by atoms with E-state index in [1.165, 1.54) is 12.5 Å². The molecule has 2 aromatic heterocycles. The van der Waals surface area contributed by atoms with Crippen molar-refractivity contribution < 1.29 is 18.8 Å². The van der Waals surface area contributed by atoms with Crippen molar-refractivity contribution in [1.29, 1.82) is 0 Å². The molecule has 4 heterocycles. The average molecular weight is 396 g/mol. The van der Waals surface area contributed by atoms with Crippen LogP contribution in [-0.2, 0) is 16.1 Å². The molecule has 2 saturated heterocycles. The van der Waals surface area contributed by atoms with Crippen molar-refractivity contribution in [2.24, 2.45) is 5.92 Å². The highest BCUT2D eigenvalue weighted by atomic mass is 16.3. The minimum absolute atomic E-state index is 0.000481. The molecule has 0 aromatic carbocycles. The zero-order valence-corrected chi connectivity index (χ0v) is 16.2. The van der Waals surface area contributed by atoms with Crippen LogP contribution in [0.4, 0.5) is 0 Å². The number of hydrogen-bond donors (Lipinski definition) is 0. The summed E-state index contributed by atoms with van der Waals surface area (Å²) in [5.74, 6) is -0.423. The molecule has 8 nitrogen and oxygen atoms in total. The van der Waals surface area contributed by atoms with Gasteiger partial charge in [-0.15, -0.1) is 0 Å². The second-order valence-corrected chi connectivity index (χ2v) is 7.48. The van der Waals surface area contributed by atoms with Gasteiger partial charge in [-0.3, -0.25) is 19.4 Å².